The van der Waals surface area contributed by atoms with E-state index in [1.165, 1.54) is 28.3 Å². The van der Waals surface area contributed by atoms with E-state index in [1.807, 2.05) is 19.1 Å². The molecule has 0 radical (unpaired) electrons. The normalized spacial score (nSPS) is 23.1. The van der Waals surface area contributed by atoms with Gasteiger partial charge in [0.25, 0.3) is 17.7 Å². The largest absolute Gasteiger partial charge is 0.574 e. The second kappa shape index (κ2) is 18.1. The standard InChI is InChI=1S/C52H51F3N10O7S/c1-27-25-61(30-14-17-63-32(22-30)26-71-44-38(63)9-8-36-43(44)50(69)65(49(36)68)39-10-12-42(66)60-47(39)67)19-20-62(27)31-7-11-41(57-24-31)59-37-21-29(23-58-48(37)72-52(53,54)55)33-13-16-56-46(28(33)2)64-18-15-35-34-5-3-4-6-40(34)73-45(35)51(64)70/h7-9,11,13,16,21,23-24,27,30,32,39H,3-6,10,12,14-15,17-20,22,25-26H2,1-2H3,(H,57,59)(H,60,66,67)/t27-,30?,32?,39?/m0/s1. The zero-order valence-electron chi connectivity index (χ0n) is 40.1. The molecular formula is C52H51F3N10O7S. The molecule has 4 aromatic heterocycles. The van der Waals surface area contributed by atoms with Crippen molar-refractivity contribution in [2.75, 3.05) is 59.3 Å². The van der Waals surface area contributed by atoms with Crippen LogP contribution in [0.25, 0.3) is 11.1 Å². The number of halogens is 3. The molecule has 1 aromatic carbocycles. The zero-order valence-corrected chi connectivity index (χ0v) is 40.9. The lowest BCUT2D eigenvalue weighted by Gasteiger charge is -2.50. The summed E-state index contributed by atoms with van der Waals surface area (Å²) in [5, 5.41) is 5.26. The minimum Gasteiger partial charge on any atom is -0.488 e. The third kappa shape index (κ3) is 8.29. The molecule has 4 atom stereocenters. The van der Waals surface area contributed by atoms with Gasteiger partial charge in [0.1, 0.15) is 30.0 Å². The van der Waals surface area contributed by atoms with Crippen LogP contribution in [0.1, 0.15) is 97.4 Å². The van der Waals surface area contributed by atoms with Crippen LogP contribution in [-0.2, 0) is 28.9 Å². The monoisotopic (exact) mass is 1020 g/mol. The van der Waals surface area contributed by atoms with Gasteiger partial charge in [-0.1, -0.05) is 0 Å². The number of anilines is 5. The summed E-state index contributed by atoms with van der Waals surface area (Å²) in [5.74, 6) is -1.85. The van der Waals surface area contributed by atoms with Crippen molar-refractivity contribution in [1.29, 1.82) is 0 Å². The summed E-state index contributed by atoms with van der Waals surface area (Å²) in [6.45, 7) is 7.82. The number of imide groups is 2. The van der Waals surface area contributed by atoms with Crippen LogP contribution in [0.4, 0.5) is 41.9 Å². The summed E-state index contributed by atoms with van der Waals surface area (Å²) < 4.78 is 51.9. The van der Waals surface area contributed by atoms with Crippen molar-refractivity contribution in [3.8, 4) is 22.8 Å². The van der Waals surface area contributed by atoms with E-state index >= 15 is 0 Å². The number of aryl methyl sites for hydroxylation is 1. The average molecular weight is 1020 g/mol. The molecule has 0 spiro atoms. The summed E-state index contributed by atoms with van der Waals surface area (Å²) in [4.78, 5) is 90.8. The number of carbonyl (C=O) groups is 5. The highest BCUT2D eigenvalue weighted by Gasteiger charge is 2.49. The van der Waals surface area contributed by atoms with Crippen LogP contribution >= 0.6 is 11.3 Å². The Labute approximate surface area is 421 Å². The minimum atomic E-state index is -5.00. The second-order valence-corrected chi connectivity index (χ2v) is 20.9. The molecule has 0 saturated carbocycles. The Hall–Kier alpha value is -7.13. The van der Waals surface area contributed by atoms with Crippen LogP contribution in [0.2, 0.25) is 0 Å². The molecular weight excluding hydrogens is 966 g/mol. The van der Waals surface area contributed by atoms with Gasteiger partial charge in [-0.05, 0) is 124 Å². The lowest BCUT2D eigenvalue weighted by molar-refractivity contribution is -0.275. The number of nitrogens with zero attached hydrogens (tertiary/aromatic N) is 8. The number of aromatic nitrogens is 3. The number of benzene rings is 1. The molecule has 3 fully saturated rings. The lowest BCUT2D eigenvalue weighted by atomic mass is 9.92. The van der Waals surface area contributed by atoms with Crippen LogP contribution in [0.3, 0.4) is 0 Å². The Bertz CT molecular complexity index is 3130. The zero-order chi connectivity index (χ0) is 50.4. The van der Waals surface area contributed by atoms with E-state index in [1.54, 1.807) is 46.8 Å². The Morgan fingerprint density at radius 2 is 1.68 bits per heavy atom. The number of piperidine rings is 2. The van der Waals surface area contributed by atoms with Crippen molar-refractivity contribution in [3.05, 3.63) is 92.6 Å². The first kappa shape index (κ1) is 46.9. The molecule has 2 N–H and O–H groups in total. The first-order chi connectivity index (χ1) is 35.2. The fourth-order valence-corrected chi connectivity index (χ4v) is 13.5. The number of piperazine rings is 1. The summed E-state index contributed by atoms with van der Waals surface area (Å²) in [5.41, 5.74) is 6.28. The van der Waals surface area contributed by atoms with Gasteiger partial charge in [0, 0.05) is 74.1 Å². The summed E-state index contributed by atoms with van der Waals surface area (Å²) >= 11 is 1.60. The fourth-order valence-electron chi connectivity index (χ4n) is 12.1. The summed E-state index contributed by atoms with van der Waals surface area (Å²) in [6.07, 6.45) is 6.44. The fraction of sp³-hybridized carbons (Fsp3) is 0.423. The van der Waals surface area contributed by atoms with Gasteiger partial charge in [-0.15, -0.1) is 24.5 Å². The number of alkyl halides is 3. The average Bonchev–Trinajstić information content (AvgIpc) is 3.89. The van der Waals surface area contributed by atoms with Crippen LogP contribution in [0.15, 0.2) is 55.0 Å². The first-order valence-electron chi connectivity index (χ1n) is 24.9. The number of ether oxygens (including phenoxy) is 2. The maximum Gasteiger partial charge on any atom is 0.574 e. The molecule has 73 heavy (non-hydrogen) atoms. The van der Waals surface area contributed by atoms with Crippen LogP contribution in [0.5, 0.6) is 11.6 Å². The van der Waals surface area contributed by atoms with Gasteiger partial charge in [0.15, 0.2) is 5.75 Å². The van der Waals surface area contributed by atoms with Crippen LogP contribution < -0.4 is 34.8 Å². The third-order valence-corrected chi connectivity index (χ3v) is 16.9. The number of rotatable bonds is 8. The molecule has 3 unspecified atom stereocenters. The van der Waals surface area contributed by atoms with Crippen molar-refractivity contribution in [2.24, 2.45) is 0 Å². The van der Waals surface area contributed by atoms with E-state index in [-0.39, 0.29) is 59.5 Å². The van der Waals surface area contributed by atoms with E-state index in [9.17, 15) is 37.1 Å². The van der Waals surface area contributed by atoms with Gasteiger partial charge in [0.05, 0.1) is 39.6 Å². The Kier molecular flexibility index (Phi) is 11.6. The number of hydrogen-bond donors (Lipinski definition) is 2. The molecule has 21 heteroatoms. The Morgan fingerprint density at radius 1 is 0.836 bits per heavy atom. The quantitative estimate of drug-likeness (QED) is 0.152. The first-order valence-corrected chi connectivity index (χ1v) is 25.7. The summed E-state index contributed by atoms with van der Waals surface area (Å²) in [7, 11) is 0. The van der Waals surface area contributed by atoms with Crippen molar-refractivity contribution >= 4 is 69.6 Å². The van der Waals surface area contributed by atoms with Gasteiger partial charge < -0.3 is 24.6 Å². The number of pyridine rings is 3. The SMILES string of the molecule is Cc1c(-c2cnc(OC(F)(F)F)c(Nc3ccc(N4CCN(C5CCN6c7ccc8c(c7OCC6C5)C(=O)N(C5CCC(=O)NC5=O)C8=O)C[C@@H]4C)cn3)c2)ccnc1N1CCc2c(sc3c2CCCC3)C1=O. The Balaban J connectivity index is 0.705. The number of amides is 5. The molecule has 7 aliphatic rings. The molecule has 12 rings (SSSR count). The molecule has 5 aromatic rings. The molecule has 5 amide bonds. The van der Waals surface area contributed by atoms with Gasteiger partial charge in [0.2, 0.25) is 17.7 Å². The van der Waals surface area contributed by atoms with E-state index in [0.717, 1.165) is 79.2 Å². The highest BCUT2D eigenvalue weighted by Crippen LogP contribution is 2.46. The minimum absolute atomic E-state index is 0.0373. The van der Waals surface area contributed by atoms with Crippen molar-refractivity contribution in [1.82, 2.24) is 30.1 Å². The van der Waals surface area contributed by atoms with Crippen molar-refractivity contribution < 1.29 is 46.6 Å². The number of fused-ring (bicyclic) bond motifs is 8. The summed E-state index contributed by atoms with van der Waals surface area (Å²) in [6, 6.07) is 9.71. The van der Waals surface area contributed by atoms with E-state index in [0.29, 0.717) is 54.5 Å². The van der Waals surface area contributed by atoms with E-state index in [2.05, 4.69) is 51.9 Å². The molecule has 6 aliphatic heterocycles. The predicted octanol–water partition coefficient (Wildman–Crippen LogP) is 6.97. The van der Waals surface area contributed by atoms with Gasteiger partial charge in [-0.3, -0.25) is 44.0 Å². The maximum absolute atomic E-state index is 14.0. The molecule has 1 aliphatic carbocycles. The van der Waals surface area contributed by atoms with Gasteiger partial charge in [-0.2, -0.15) is 0 Å². The highest BCUT2D eigenvalue weighted by molar-refractivity contribution is 7.14. The van der Waals surface area contributed by atoms with Crippen molar-refractivity contribution in [2.45, 2.75) is 102 Å². The molecule has 0 bridgehead atoms. The maximum atomic E-state index is 14.0. The number of nitrogens with one attached hydrogen (secondary N) is 2. The van der Waals surface area contributed by atoms with Crippen LogP contribution in [0, 0.1) is 6.92 Å². The molecule has 3 saturated heterocycles. The Morgan fingerprint density at radius 3 is 2.48 bits per heavy atom. The lowest BCUT2D eigenvalue weighted by Crippen LogP contribution is -2.59. The van der Waals surface area contributed by atoms with E-state index in [4.69, 9.17) is 4.74 Å². The van der Waals surface area contributed by atoms with E-state index < -0.39 is 41.9 Å². The van der Waals surface area contributed by atoms with Gasteiger partial charge in [-0.25, -0.2) is 15.0 Å². The number of carbonyl (C=O) groups excluding carboxylic acids is 5. The third-order valence-electron chi connectivity index (χ3n) is 15.6. The number of hydrogen-bond acceptors (Lipinski definition) is 15. The topological polar surface area (TPSA) is 183 Å². The highest BCUT2D eigenvalue weighted by atomic mass is 32.1. The smallest absolute Gasteiger partial charge is 0.488 e. The van der Waals surface area contributed by atoms with Gasteiger partial charge >= 0.3 is 6.36 Å². The molecule has 10 heterocycles. The second-order valence-electron chi connectivity index (χ2n) is 19.8. The van der Waals surface area contributed by atoms with Crippen molar-refractivity contribution in [3.63, 3.8) is 0 Å². The predicted molar refractivity (Wildman–Crippen MR) is 264 cm³/mol. The molecule has 17 nitrogen and oxygen atoms in total. The number of thiophene rings is 1. The van der Waals surface area contributed by atoms with Crippen LogP contribution in [-0.4, -0.2) is 124 Å². The molecule has 378 valence electrons.